The number of aliphatic imine (C=N–C) groups is 2. The first-order valence-corrected chi connectivity index (χ1v) is 12.2. The summed E-state index contributed by atoms with van der Waals surface area (Å²) in [4.78, 5) is 28.3. The summed E-state index contributed by atoms with van der Waals surface area (Å²) in [6, 6.07) is 7.93. The van der Waals surface area contributed by atoms with Gasteiger partial charge in [0.05, 0.1) is 6.04 Å². The SMILES string of the molecule is CN1CC[C@@H](NC(=O)c2nc(C(C)(C)C)no2)c2ccc(C3N=CN=C(Nc4ccn(C)n4)N3)cc2C1. The third-order valence-electron chi connectivity index (χ3n) is 6.33. The summed E-state index contributed by atoms with van der Waals surface area (Å²) in [5.74, 6) is 1.39. The molecule has 2 aliphatic heterocycles. The Kier molecular flexibility index (Phi) is 6.50. The number of anilines is 1. The van der Waals surface area contributed by atoms with E-state index in [0.717, 1.165) is 36.2 Å². The monoisotopic (exact) mass is 504 g/mol. The molecule has 1 amide bonds. The van der Waals surface area contributed by atoms with Gasteiger partial charge in [0.25, 0.3) is 0 Å². The molecular formula is C25H32N10O2. The lowest BCUT2D eigenvalue weighted by Crippen LogP contribution is -2.36. The van der Waals surface area contributed by atoms with Crippen molar-refractivity contribution in [2.75, 3.05) is 18.9 Å². The molecular weight excluding hydrogens is 472 g/mol. The average molecular weight is 505 g/mol. The van der Waals surface area contributed by atoms with Crippen LogP contribution in [0.15, 0.2) is 45.0 Å². The third kappa shape index (κ3) is 5.53. The Morgan fingerprint density at radius 3 is 2.78 bits per heavy atom. The van der Waals surface area contributed by atoms with Gasteiger partial charge in [-0.25, -0.2) is 9.98 Å². The van der Waals surface area contributed by atoms with Crippen molar-refractivity contribution < 1.29 is 9.32 Å². The van der Waals surface area contributed by atoms with Gasteiger partial charge in [-0.2, -0.15) is 10.1 Å². The van der Waals surface area contributed by atoms with Crippen LogP contribution < -0.4 is 16.0 Å². The van der Waals surface area contributed by atoms with Gasteiger partial charge in [-0.1, -0.05) is 44.1 Å². The van der Waals surface area contributed by atoms with Crippen LogP contribution in [0.5, 0.6) is 0 Å². The molecule has 3 N–H and O–H groups in total. The van der Waals surface area contributed by atoms with Crippen LogP contribution >= 0.6 is 0 Å². The highest BCUT2D eigenvalue weighted by Gasteiger charge is 2.28. The zero-order valence-electron chi connectivity index (χ0n) is 21.7. The van der Waals surface area contributed by atoms with Crippen molar-refractivity contribution in [3.63, 3.8) is 0 Å². The Labute approximate surface area is 215 Å². The zero-order valence-corrected chi connectivity index (χ0v) is 21.7. The minimum atomic E-state index is -0.368. The second-order valence-corrected chi connectivity index (χ2v) is 10.5. The van der Waals surface area contributed by atoms with Gasteiger partial charge in [-0.15, -0.1) is 0 Å². The second kappa shape index (κ2) is 9.77. The molecule has 0 saturated heterocycles. The van der Waals surface area contributed by atoms with Crippen LogP contribution in [0.1, 0.15) is 72.6 Å². The van der Waals surface area contributed by atoms with Crippen molar-refractivity contribution in [3.8, 4) is 0 Å². The number of fused-ring (bicyclic) bond motifs is 1. The Morgan fingerprint density at radius 1 is 1.22 bits per heavy atom. The van der Waals surface area contributed by atoms with Crippen LogP contribution in [0.2, 0.25) is 0 Å². The molecule has 0 radical (unpaired) electrons. The van der Waals surface area contributed by atoms with Crippen molar-refractivity contribution in [1.29, 1.82) is 0 Å². The van der Waals surface area contributed by atoms with Crippen molar-refractivity contribution in [2.45, 2.75) is 51.4 Å². The van der Waals surface area contributed by atoms with Crippen LogP contribution in [0.25, 0.3) is 0 Å². The van der Waals surface area contributed by atoms with Gasteiger partial charge in [0.15, 0.2) is 11.6 Å². The van der Waals surface area contributed by atoms with E-state index in [2.05, 4.69) is 65.3 Å². The minimum absolute atomic E-state index is 0.0198. The van der Waals surface area contributed by atoms with E-state index in [9.17, 15) is 4.79 Å². The summed E-state index contributed by atoms with van der Waals surface area (Å²) in [6.45, 7) is 7.51. The first kappa shape index (κ1) is 24.6. The number of benzene rings is 1. The Morgan fingerprint density at radius 2 is 2.05 bits per heavy atom. The predicted molar refractivity (Wildman–Crippen MR) is 139 cm³/mol. The lowest BCUT2D eigenvalue weighted by molar-refractivity contribution is 0.0889. The van der Waals surface area contributed by atoms with E-state index in [0.29, 0.717) is 17.6 Å². The summed E-state index contributed by atoms with van der Waals surface area (Å²) >= 11 is 0. The summed E-state index contributed by atoms with van der Waals surface area (Å²) in [6.07, 6.45) is 3.87. The Bertz CT molecular complexity index is 1350. The maximum Gasteiger partial charge on any atom is 0.315 e. The molecule has 194 valence electrons. The number of guanidine groups is 1. The first-order chi connectivity index (χ1) is 17.7. The number of aryl methyl sites for hydroxylation is 1. The molecule has 4 heterocycles. The highest BCUT2D eigenvalue weighted by atomic mass is 16.5. The quantitative estimate of drug-likeness (QED) is 0.493. The molecule has 2 aliphatic rings. The first-order valence-electron chi connectivity index (χ1n) is 12.2. The summed E-state index contributed by atoms with van der Waals surface area (Å²) in [7, 11) is 3.94. The van der Waals surface area contributed by atoms with Crippen molar-refractivity contribution in [3.05, 3.63) is 58.9 Å². The van der Waals surface area contributed by atoms with Gasteiger partial charge in [0, 0.05) is 37.8 Å². The maximum absolute atomic E-state index is 13.0. The van der Waals surface area contributed by atoms with E-state index < -0.39 is 0 Å². The van der Waals surface area contributed by atoms with Gasteiger partial charge in [-0.3, -0.25) is 9.48 Å². The second-order valence-electron chi connectivity index (χ2n) is 10.5. The molecule has 1 aromatic carbocycles. The van der Waals surface area contributed by atoms with E-state index >= 15 is 0 Å². The number of hydrogen-bond donors (Lipinski definition) is 3. The number of hydrogen-bond acceptors (Lipinski definition) is 10. The highest BCUT2D eigenvalue weighted by molar-refractivity contribution is 5.98. The Balaban J connectivity index is 1.33. The number of amides is 1. The summed E-state index contributed by atoms with van der Waals surface area (Å²) in [5.41, 5.74) is 2.89. The van der Waals surface area contributed by atoms with E-state index in [1.165, 1.54) is 0 Å². The molecule has 5 rings (SSSR count). The van der Waals surface area contributed by atoms with Gasteiger partial charge in [0.1, 0.15) is 12.5 Å². The van der Waals surface area contributed by atoms with Gasteiger partial charge in [-0.05, 0) is 30.2 Å². The maximum atomic E-state index is 13.0. The molecule has 2 aromatic heterocycles. The van der Waals surface area contributed by atoms with Crippen molar-refractivity contribution in [2.24, 2.45) is 17.0 Å². The van der Waals surface area contributed by atoms with Crippen LogP contribution in [-0.2, 0) is 19.0 Å². The van der Waals surface area contributed by atoms with E-state index in [4.69, 9.17) is 4.52 Å². The van der Waals surface area contributed by atoms with Gasteiger partial charge >= 0.3 is 11.8 Å². The molecule has 0 aliphatic carbocycles. The summed E-state index contributed by atoms with van der Waals surface area (Å²) in [5, 5.41) is 17.9. The van der Waals surface area contributed by atoms with Crippen molar-refractivity contribution >= 4 is 24.0 Å². The van der Waals surface area contributed by atoms with Crippen LogP contribution in [-0.4, -0.2) is 56.6 Å². The lowest BCUT2D eigenvalue weighted by Gasteiger charge is -2.23. The topological polar surface area (TPSA) is 138 Å². The van der Waals surface area contributed by atoms with Crippen molar-refractivity contribution in [1.82, 2.24) is 35.5 Å². The normalized spacial score (nSPS) is 20.0. The smallest absolute Gasteiger partial charge is 0.315 e. The number of nitrogens with one attached hydrogen (secondary N) is 3. The highest BCUT2D eigenvalue weighted by Crippen LogP contribution is 2.30. The van der Waals surface area contributed by atoms with E-state index in [1.54, 1.807) is 11.0 Å². The van der Waals surface area contributed by atoms with Gasteiger partial charge in [0.2, 0.25) is 5.96 Å². The van der Waals surface area contributed by atoms with Gasteiger partial charge < -0.3 is 25.4 Å². The number of nitrogens with zero attached hydrogens (tertiary/aromatic N) is 7. The number of carbonyl (C=O) groups is 1. The fourth-order valence-corrected chi connectivity index (χ4v) is 4.34. The average Bonchev–Trinajstić information content (AvgIpc) is 3.48. The molecule has 12 heteroatoms. The van der Waals surface area contributed by atoms with Crippen LogP contribution in [0.3, 0.4) is 0 Å². The Hall–Kier alpha value is -4.06. The lowest BCUT2D eigenvalue weighted by atomic mass is 9.96. The van der Waals surface area contributed by atoms with E-state index in [1.807, 2.05) is 46.1 Å². The molecule has 1 unspecified atom stereocenters. The molecule has 0 spiro atoms. The molecule has 12 nitrogen and oxygen atoms in total. The van der Waals surface area contributed by atoms with Crippen LogP contribution in [0.4, 0.5) is 5.82 Å². The fourth-order valence-electron chi connectivity index (χ4n) is 4.34. The molecule has 3 aromatic rings. The minimum Gasteiger partial charge on any atom is -0.341 e. The standard InChI is InChI=1S/C25H32N10O2/c1-25(2,3)23-31-22(37-33-23)21(36)28-18-8-10-34(4)13-16-12-15(6-7-17(16)18)20-26-14-27-24(30-20)29-19-9-11-35(5)32-19/h6-7,9,11-12,14,18,20H,8,10,13H2,1-5H3,(H,28,36)(H2,26,27,29,30,32)/t18-,20?/m1/s1. The molecule has 37 heavy (non-hydrogen) atoms. The third-order valence-corrected chi connectivity index (χ3v) is 6.33. The summed E-state index contributed by atoms with van der Waals surface area (Å²) < 4.78 is 6.98. The van der Waals surface area contributed by atoms with Crippen LogP contribution in [0, 0.1) is 0 Å². The number of rotatable bonds is 4. The molecule has 0 fully saturated rings. The predicted octanol–water partition coefficient (Wildman–Crippen LogP) is 2.51. The number of aromatic nitrogens is 4. The zero-order chi connectivity index (χ0) is 26.2. The van der Waals surface area contributed by atoms with E-state index in [-0.39, 0.29) is 29.4 Å². The molecule has 2 atom stereocenters. The molecule has 0 bridgehead atoms. The molecule has 0 saturated carbocycles. The number of carbonyl (C=O) groups excluding carboxylic acids is 1. The fraction of sp³-hybridized carbons (Fsp3) is 0.440. The largest absolute Gasteiger partial charge is 0.341 e.